The molecule has 2 rings (SSSR count). The molecule has 6 heteroatoms. The monoisotopic (exact) mass is 237 g/mol. The fourth-order valence-corrected chi connectivity index (χ4v) is 1.74. The van der Waals surface area contributed by atoms with Crippen molar-refractivity contribution in [2.24, 2.45) is 5.92 Å². The van der Waals surface area contributed by atoms with Gasteiger partial charge in [0.15, 0.2) is 11.4 Å². The zero-order valence-corrected chi connectivity index (χ0v) is 9.64. The number of carboxylic acids is 1. The highest BCUT2D eigenvalue weighted by atomic mass is 16.4. The molecule has 2 N–H and O–H groups in total. The Labute approximate surface area is 98.7 Å². The van der Waals surface area contributed by atoms with Gasteiger partial charge in [-0.2, -0.15) is 0 Å². The summed E-state index contributed by atoms with van der Waals surface area (Å²) in [6.07, 6.45) is 3.54. The fourth-order valence-electron chi connectivity index (χ4n) is 1.74. The molecule has 1 saturated carbocycles. The number of carbonyl (C=O) groups is 2. The van der Waals surface area contributed by atoms with Gasteiger partial charge in [0, 0.05) is 13.1 Å². The van der Waals surface area contributed by atoms with E-state index in [2.05, 4.69) is 9.97 Å². The summed E-state index contributed by atoms with van der Waals surface area (Å²) in [5, 5.41) is 8.91. The Balaban J connectivity index is 2.15. The minimum absolute atomic E-state index is 0.000000000000000444. The minimum Gasteiger partial charge on any atom is -0.477 e. The van der Waals surface area contributed by atoms with Crippen molar-refractivity contribution in [3.8, 4) is 0 Å². The molecule has 0 atom stereocenters. The molecule has 92 valence electrons. The van der Waals surface area contributed by atoms with E-state index in [1.165, 1.54) is 6.33 Å². The van der Waals surface area contributed by atoms with Crippen LogP contribution in [0.4, 0.5) is 0 Å². The van der Waals surface area contributed by atoms with Gasteiger partial charge in [-0.3, -0.25) is 4.79 Å². The Morgan fingerprint density at radius 2 is 2.29 bits per heavy atom. The maximum atomic E-state index is 12.1. The van der Waals surface area contributed by atoms with Gasteiger partial charge < -0.3 is 15.0 Å². The van der Waals surface area contributed by atoms with Crippen LogP contribution < -0.4 is 0 Å². The zero-order valence-electron chi connectivity index (χ0n) is 9.64. The first-order valence-electron chi connectivity index (χ1n) is 5.69. The van der Waals surface area contributed by atoms with E-state index in [1.54, 1.807) is 4.90 Å². The maximum absolute atomic E-state index is 12.1. The summed E-state index contributed by atoms with van der Waals surface area (Å²) in [6, 6.07) is 0. The molecular weight excluding hydrogens is 222 g/mol. The number of nitrogens with one attached hydrogen (secondary N) is 1. The molecule has 1 aromatic rings. The zero-order chi connectivity index (χ0) is 12.4. The number of carbonyl (C=O) groups excluding carboxylic acids is 1. The summed E-state index contributed by atoms with van der Waals surface area (Å²) >= 11 is 0. The molecule has 1 heterocycles. The van der Waals surface area contributed by atoms with Crippen molar-refractivity contribution in [3.05, 3.63) is 17.7 Å². The van der Waals surface area contributed by atoms with E-state index in [9.17, 15) is 9.59 Å². The van der Waals surface area contributed by atoms with Crippen molar-refractivity contribution in [3.63, 3.8) is 0 Å². The number of hydrogen-bond acceptors (Lipinski definition) is 3. The van der Waals surface area contributed by atoms with Gasteiger partial charge in [0.1, 0.15) is 0 Å². The third-order valence-electron chi connectivity index (χ3n) is 2.90. The first-order chi connectivity index (χ1) is 8.13. The average molecular weight is 237 g/mol. The lowest BCUT2D eigenvalue weighted by Gasteiger charge is -2.19. The van der Waals surface area contributed by atoms with Gasteiger partial charge in [0.2, 0.25) is 0 Å². The predicted molar refractivity (Wildman–Crippen MR) is 59.8 cm³/mol. The van der Waals surface area contributed by atoms with Crippen molar-refractivity contribution in [2.75, 3.05) is 13.1 Å². The number of nitrogens with zero attached hydrogens (tertiary/aromatic N) is 2. The van der Waals surface area contributed by atoms with Gasteiger partial charge in [-0.05, 0) is 25.7 Å². The number of amides is 1. The smallest absolute Gasteiger partial charge is 0.354 e. The molecule has 0 aliphatic heterocycles. The highest BCUT2D eigenvalue weighted by molar-refractivity contribution is 6.02. The summed E-state index contributed by atoms with van der Waals surface area (Å²) in [7, 11) is 0. The molecule has 1 aliphatic carbocycles. The molecule has 0 unspecified atom stereocenters. The lowest BCUT2D eigenvalue weighted by molar-refractivity contribution is 0.0668. The predicted octanol–water partition coefficient (Wildman–Crippen LogP) is 0.980. The summed E-state index contributed by atoms with van der Waals surface area (Å²) in [6.45, 7) is 3.15. The van der Waals surface area contributed by atoms with Crippen molar-refractivity contribution in [2.45, 2.75) is 19.8 Å². The quantitative estimate of drug-likeness (QED) is 0.799. The van der Waals surface area contributed by atoms with Crippen LogP contribution in [0.15, 0.2) is 6.33 Å². The summed E-state index contributed by atoms with van der Waals surface area (Å²) < 4.78 is 0. The standard InChI is InChI=1S/C11H15N3O3/c1-2-14(5-7-3-4-7)10(15)8-9(11(16)17)13-6-12-8/h6-7H,2-5H2,1H3,(H,12,13)(H,16,17). The average Bonchev–Trinajstić information content (AvgIpc) is 2.97. The Morgan fingerprint density at radius 1 is 1.59 bits per heavy atom. The highest BCUT2D eigenvalue weighted by Crippen LogP contribution is 2.30. The van der Waals surface area contributed by atoms with Crippen LogP contribution in [0.5, 0.6) is 0 Å². The molecule has 1 fully saturated rings. The normalized spacial score (nSPS) is 14.6. The Morgan fingerprint density at radius 3 is 2.82 bits per heavy atom. The van der Waals surface area contributed by atoms with E-state index < -0.39 is 5.97 Å². The largest absolute Gasteiger partial charge is 0.477 e. The molecule has 0 spiro atoms. The third-order valence-corrected chi connectivity index (χ3v) is 2.90. The molecule has 6 nitrogen and oxygen atoms in total. The van der Waals surface area contributed by atoms with Crippen LogP contribution in [0, 0.1) is 5.92 Å². The van der Waals surface area contributed by atoms with Crippen LogP contribution in [-0.4, -0.2) is 44.9 Å². The minimum atomic E-state index is -1.16. The second kappa shape index (κ2) is 4.57. The van der Waals surface area contributed by atoms with Gasteiger partial charge in [-0.15, -0.1) is 0 Å². The second-order valence-corrected chi connectivity index (χ2v) is 4.22. The number of H-pyrrole nitrogens is 1. The van der Waals surface area contributed by atoms with Crippen LogP contribution in [0.1, 0.15) is 40.7 Å². The Hall–Kier alpha value is -1.85. The van der Waals surface area contributed by atoms with Gasteiger partial charge in [0.05, 0.1) is 6.33 Å². The number of aromatic amines is 1. The van der Waals surface area contributed by atoms with Crippen molar-refractivity contribution >= 4 is 11.9 Å². The Bertz CT molecular complexity index is 437. The molecule has 1 amide bonds. The van der Waals surface area contributed by atoms with Gasteiger partial charge in [0.25, 0.3) is 5.91 Å². The molecule has 1 aromatic heterocycles. The Kier molecular flexibility index (Phi) is 3.12. The summed E-state index contributed by atoms with van der Waals surface area (Å²) in [5.41, 5.74) is -0.135. The van der Waals surface area contributed by atoms with E-state index in [0.29, 0.717) is 19.0 Å². The number of carboxylic acid groups (broad SMARTS) is 1. The van der Waals surface area contributed by atoms with Crippen molar-refractivity contribution < 1.29 is 14.7 Å². The molecule has 0 bridgehead atoms. The van der Waals surface area contributed by atoms with E-state index in [4.69, 9.17) is 5.11 Å². The van der Waals surface area contributed by atoms with Crippen molar-refractivity contribution in [1.82, 2.24) is 14.9 Å². The van der Waals surface area contributed by atoms with E-state index in [1.807, 2.05) is 6.92 Å². The molecule has 0 saturated heterocycles. The first kappa shape index (κ1) is 11.6. The molecule has 1 aliphatic rings. The number of rotatable bonds is 5. The number of imidazole rings is 1. The topological polar surface area (TPSA) is 86.3 Å². The molecule has 0 radical (unpaired) electrons. The first-order valence-corrected chi connectivity index (χ1v) is 5.69. The maximum Gasteiger partial charge on any atom is 0.354 e. The van der Waals surface area contributed by atoms with Crippen LogP contribution >= 0.6 is 0 Å². The van der Waals surface area contributed by atoms with Crippen LogP contribution in [-0.2, 0) is 0 Å². The van der Waals surface area contributed by atoms with Crippen LogP contribution in [0.3, 0.4) is 0 Å². The lowest BCUT2D eigenvalue weighted by Crippen LogP contribution is -2.33. The lowest BCUT2D eigenvalue weighted by atomic mass is 10.2. The highest BCUT2D eigenvalue weighted by Gasteiger charge is 2.29. The molecular formula is C11H15N3O3. The number of hydrogen-bond donors (Lipinski definition) is 2. The van der Waals surface area contributed by atoms with Gasteiger partial charge >= 0.3 is 5.97 Å². The SMILES string of the molecule is CCN(CC1CC1)C(=O)c1nc[nH]c1C(=O)O. The van der Waals surface area contributed by atoms with E-state index in [-0.39, 0.29) is 17.3 Å². The van der Waals surface area contributed by atoms with Gasteiger partial charge in [-0.1, -0.05) is 0 Å². The summed E-state index contributed by atoms with van der Waals surface area (Å²) in [4.78, 5) is 30.9. The fraction of sp³-hybridized carbons (Fsp3) is 0.545. The van der Waals surface area contributed by atoms with Gasteiger partial charge in [-0.25, -0.2) is 9.78 Å². The van der Waals surface area contributed by atoms with E-state index >= 15 is 0 Å². The second-order valence-electron chi connectivity index (χ2n) is 4.22. The van der Waals surface area contributed by atoms with Crippen LogP contribution in [0.2, 0.25) is 0 Å². The van der Waals surface area contributed by atoms with Crippen molar-refractivity contribution in [1.29, 1.82) is 0 Å². The third kappa shape index (κ3) is 2.46. The van der Waals surface area contributed by atoms with E-state index in [0.717, 1.165) is 12.8 Å². The number of aromatic carboxylic acids is 1. The molecule has 0 aromatic carbocycles. The summed E-state index contributed by atoms with van der Waals surface area (Å²) in [5.74, 6) is -0.891. The number of aromatic nitrogens is 2. The molecule has 17 heavy (non-hydrogen) atoms. The van der Waals surface area contributed by atoms with Crippen LogP contribution in [0.25, 0.3) is 0 Å².